The van der Waals surface area contributed by atoms with Crippen LogP contribution in [0.25, 0.3) is 11.2 Å². The Morgan fingerprint density at radius 1 is 1.15 bits per heavy atom. The van der Waals surface area contributed by atoms with Gasteiger partial charge in [-0.05, 0) is 24.6 Å². The van der Waals surface area contributed by atoms with E-state index in [1.165, 1.54) is 16.3 Å². The summed E-state index contributed by atoms with van der Waals surface area (Å²) in [5, 5.41) is 8.31. The highest BCUT2D eigenvalue weighted by Crippen LogP contribution is 2.39. The molecular weight excluding hydrogens is 476 g/mol. The van der Waals surface area contributed by atoms with E-state index in [1.807, 2.05) is 35.2 Å². The van der Waals surface area contributed by atoms with Gasteiger partial charge in [0.2, 0.25) is 5.95 Å². The van der Waals surface area contributed by atoms with E-state index in [9.17, 15) is 9.59 Å². The number of para-hydroxylation sites is 1. The van der Waals surface area contributed by atoms with Crippen LogP contribution in [0.4, 0.5) is 11.8 Å². The van der Waals surface area contributed by atoms with Crippen LogP contribution in [-0.2, 0) is 6.42 Å². The van der Waals surface area contributed by atoms with E-state index in [0.29, 0.717) is 58.0 Å². The molecule has 1 unspecified atom stereocenters. The van der Waals surface area contributed by atoms with Gasteiger partial charge >= 0.3 is 0 Å². The number of anilines is 2. The van der Waals surface area contributed by atoms with Gasteiger partial charge in [0.05, 0.1) is 21.8 Å². The minimum absolute atomic E-state index is 0.0986. The molecule has 6 rings (SSSR count). The molecule has 0 aliphatic carbocycles. The summed E-state index contributed by atoms with van der Waals surface area (Å²) in [6.07, 6.45) is 3.09. The number of hydrogen-bond donors (Lipinski definition) is 2. The molecule has 172 valence electrons. The van der Waals surface area contributed by atoms with Crippen molar-refractivity contribution in [1.29, 1.82) is 0 Å². The predicted octanol–water partition coefficient (Wildman–Crippen LogP) is 2.13. The predicted molar refractivity (Wildman–Crippen MR) is 130 cm³/mol. The average Bonchev–Trinajstić information content (AvgIpc) is 3.18. The fourth-order valence-corrected chi connectivity index (χ4v) is 5.71. The van der Waals surface area contributed by atoms with E-state index in [0.717, 1.165) is 6.42 Å². The van der Waals surface area contributed by atoms with Gasteiger partial charge in [0, 0.05) is 25.7 Å². The number of aromatic nitrogens is 5. The summed E-state index contributed by atoms with van der Waals surface area (Å²) in [5.41, 5.74) is 7.84. The Morgan fingerprint density at radius 2 is 1.97 bits per heavy atom. The largest absolute Gasteiger partial charge is 0.368 e. The number of thioether (sulfide) groups is 1. The topological polar surface area (TPSA) is 123 Å². The van der Waals surface area contributed by atoms with Crippen LogP contribution >= 0.6 is 23.4 Å². The first-order valence-corrected chi connectivity index (χ1v) is 12.0. The van der Waals surface area contributed by atoms with Gasteiger partial charge in [-0.15, -0.1) is 5.10 Å². The van der Waals surface area contributed by atoms with Gasteiger partial charge in [-0.3, -0.25) is 14.2 Å². The van der Waals surface area contributed by atoms with Crippen LogP contribution < -0.4 is 21.5 Å². The Kier molecular flexibility index (Phi) is 4.96. The van der Waals surface area contributed by atoms with Crippen LogP contribution in [0.15, 0.2) is 52.5 Å². The molecule has 3 N–H and O–H groups in total. The Balaban J connectivity index is 1.43. The fourth-order valence-electron chi connectivity index (χ4n) is 4.26. The van der Waals surface area contributed by atoms with Crippen molar-refractivity contribution in [3.8, 4) is 5.69 Å². The number of nitrogens with zero attached hydrogens (tertiary/aromatic N) is 6. The lowest BCUT2D eigenvalue weighted by Gasteiger charge is -2.42. The first-order valence-electron chi connectivity index (χ1n) is 10.7. The molecule has 0 bridgehead atoms. The molecule has 1 aromatic carbocycles. The van der Waals surface area contributed by atoms with Crippen LogP contribution in [0.1, 0.15) is 22.5 Å². The second-order valence-electron chi connectivity index (χ2n) is 8.00. The third kappa shape index (κ3) is 3.31. The van der Waals surface area contributed by atoms with Crippen LogP contribution in [0.5, 0.6) is 0 Å². The van der Waals surface area contributed by atoms with Crippen molar-refractivity contribution in [1.82, 2.24) is 29.5 Å². The normalized spacial score (nSPS) is 17.4. The Labute approximate surface area is 202 Å². The third-order valence-corrected chi connectivity index (χ3v) is 7.50. The van der Waals surface area contributed by atoms with E-state index >= 15 is 0 Å². The van der Waals surface area contributed by atoms with Crippen molar-refractivity contribution >= 4 is 46.6 Å². The van der Waals surface area contributed by atoms with Gasteiger partial charge in [0.15, 0.2) is 5.16 Å². The van der Waals surface area contributed by atoms with Crippen molar-refractivity contribution in [2.45, 2.75) is 23.4 Å². The zero-order valence-electron chi connectivity index (χ0n) is 17.8. The molecule has 12 heteroatoms. The lowest BCUT2D eigenvalue weighted by molar-refractivity contribution is 0.0945. The molecule has 4 aromatic rings. The van der Waals surface area contributed by atoms with Crippen molar-refractivity contribution in [3.63, 3.8) is 0 Å². The third-order valence-electron chi connectivity index (χ3n) is 5.96. The quantitative estimate of drug-likeness (QED) is 0.442. The van der Waals surface area contributed by atoms with Gasteiger partial charge in [0.25, 0.3) is 11.5 Å². The Morgan fingerprint density at radius 3 is 2.74 bits per heavy atom. The average molecular weight is 495 g/mol. The number of rotatable bonds is 4. The maximum atomic E-state index is 13.5. The van der Waals surface area contributed by atoms with Crippen LogP contribution in [0, 0.1) is 0 Å². The number of benzene rings is 1. The Bertz CT molecular complexity index is 1500. The molecule has 0 spiro atoms. The number of fused-ring (bicyclic) bond motifs is 2. The summed E-state index contributed by atoms with van der Waals surface area (Å²) >= 11 is 7.71. The number of carbonyl (C=O) groups is 1. The zero-order valence-corrected chi connectivity index (χ0v) is 19.4. The summed E-state index contributed by atoms with van der Waals surface area (Å²) < 4.78 is 3.08. The SMILES string of the molecule is Nc1nc2c(c(N3CCC3Sc3nn4ccc(Cl)c4c(=O)n3-c3ccccc3)n1)C(=O)NCC2. The number of hydrogen-bond acceptors (Lipinski definition) is 8. The summed E-state index contributed by atoms with van der Waals surface area (Å²) in [4.78, 5) is 36.8. The van der Waals surface area contributed by atoms with Crippen molar-refractivity contribution in [3.05, 3.63) is 69.2 Å². The molecule has 2 aliphatic heterocycles. The zero-order chi connectivity index (χ0) is 23.4. The highest BCUT2D eigenvalue weighted by Gasteiger charge is 2.37. The number of nitrogens with one attached hydrogen (secondary N) is 1. The van der Waals surface area contributed by atoms with Crippen LogP contribution in [0.2, 0.25) is 5.02 Å². The van der Waals surface area contributed by atoms with Crippen LogP contribution in [0.3, 0.4) is 0 Å². The number of amides is 1. The number of halogens is 1. The molecule has 2 aliphatic rings. The molecular formula is C22H19ClN8O2S. The molecule has 1 fully saturated rings. The van der Waals surface area contributed by atoms with Gasteiger partial charge in [-0.2, -0.15) is 4.98 Å². The minimum atomic E-state index is -0.257. The molecule has 1 saturated heterocycles. The molecule has 10 nitrogen and oxygen atoms in total. The van der Waals surface area contributed by atoms with Gasteiger partial charge in [-0.1, -0.05) is 41.6 Å². The highest BCUT2D eigenvalue weighted by molar-refractivity contribution is 7.99. The van der Waals surface area contributed by atoms with E-state index < -0.39 is 0 Å². The number of nitrogen functional groups attached to an aromatic ring is 1. The number of carbonyl (C=O) groups excluding carboxylic acids is 1. The first kappa shape index (κ1) is 21.0. The summed E-state index contributed by atoms with van der Waals surface area (Å²) in [5.74, 6) is 0.457. The first-order chi connectivity index (χ1) is 16.5. The molecule has 1 atom stereocenters. The van der Waals surface area contributed by atoms with E-state index in [2.05, 4.69) is 15.3 Å². The van der Waals surface area contributed by atoms with Gasteiger partial charge < -0.3 is 16.0 Å². The molecule has 0 saturated carbocycles. The van der Waals surface area contributed by atoms with Gasteiger partial charge in [-0.25, -0.2) is 9.50 Å². The maximum Gasteiger partial charge on any atom is 0.284 e. The monoisotopic (exact) mass is 494 g/mol. The minimum Gasteiger partial charge on any atom is -0.368 e. The molecule has 1 amide bonds. The van der Waals surface area contributed by atoms with Crippen molar-refractivity contribution in [2.75, 3.05) is 23.7 Å². The van der Waals surface area contributed by atoms with Gasteiger partial charge in [0.1, 0.15) is 16.9 Å². The van der Waals surface area contributed by atoms with Crippen LogP contribution in [-0.4, -0.2) is 48.5 Å². The highest BCUT2D eigenvalue weighted by atomic mass is 35.5. The smallest absolute Gasteiger partial charge is 0.284 e. The Hall–Kier alpha value is -3.57. The summed E-state index contributed by atoms with van der Waals surface area (Å²) in [7, 11) is 0. The van der Waals surface area contributed by atoms with Crippen molar-refractivity contribution in [2.24, 2.45) is 0 Å². The molecule has 0 radical (unpaired) electrons. The van der Waals surface area contributed by atoms with Crippen molar-refractivity contribution < 1.29 is 4.79 Å². The molecule has 34 heavy (non-hydrogen) atoms. The molecule has 5 heterocycles. The number of nitrogens with two attached hydrogens (primary N) is 1. The lowest BCUT2D eigenvalue weighted by atomic mass is 10.0. The van der Waals surface area contributed by atoms with E-state index in [-0.39, 0.29) is 22.8 Å². The van der Waals surface area contributed by atoms with E-state index in [4.69, 9.17) is 22.4 Å². The second-order valence-corrected chi connectivity index (χ2v) is 9.56. The lowest BCUT2D eigenvalue weighted by Crippen LogP contribution is -2.48. The fraction of sp³-hybridized carbons (Fsp3) is 0.227. The maximum absolute atomic E-state index is 13.5. The standard InChI is InChI=1S/C22H19ClN8O2S/c23-13-7-11-30-17(13)20(33)31(12-4-2-1-3-5-12)22(28-30)34-15-8-10-29(15)18-16-14(26-21(24)27-18)6-9-25-19(16)32/h1-5,7,11,15H,6,8-10H2,(H,25,32)(H2,24,26,27). The summed E-state index contributed by atoms with van der Waals surface area (Å²) in [6.45, 7) is 1.22. The summed E-state index contributed by atoms with van der Waals surface area (Å²) in [6, 6.07) is 11.0. The molecule has 3 aromatic heterocycles. The van der Waals surface area contributed by atoms with E-state index in [1.54, 1.807) is 16.8 Å². The second kappa shape index (κ2) is 8.03.